The highest BCUT2D eigenvalue weighted by molar-refractivity contribution is 7.89. The van der Waals surface area contributed by atoms with Crippen LogP contribution in [0.5, 0.6) is 5.75 Å². The topological polar surface area (TPSA) is 55.8 Å². The molecular weight excluding hydrogens is 314 g/mol. The molecule has 2 saturated heterocycles. The highest BCUT2D eigenvalue weighted by Gasteiger charge is 2.52. The monoisotopic (exact) mass is 333 g/mol. The molecule has 1 aromatic rings. The van der Waals surface area contributed by atoms with E-state index in [0.717, 1.165) is 24.2 Å². The van der Waals surface area contributed by atoms with Crippen LogP contribution in [0, 0.1) is 11.8 Å². The molecule has 23 heavy (non-hydrogen) atoms. The zero-order chi connectivity index (χ0) is 15.6. The molecule has 2 bridgehead atoms. The summed E-state index contributed by atoms with van der Waals surface area (Å²) < 4.78 is 39.1. The Labute approximate surface area is 135 Å². The number of hydrogen-bond acceptors (Lipinski definition) is 4. The smallest absolute Gasteiger partial charge is 0.243 e. The Kier molecular flexibility index (Phi) is 2.93. The summed E-state index contributed by atoms with van der Waals surface area (Å²) in [6, 6.07) is 5.27. The normalized spacial score (nSPS) is 35.1. The number of nitrogens with zero attached hydrogens (tertiary/aromatic N) is 1. The van der Waals surface area contributed by atoms with E-state index in [2.05, 4.69) is 12.2 Å². The molecule has 4 atom stereocenters. The average molecular weight is 333 g/mol. The molecule has 5 rings (SSSR count). The molecule has 6 heteroatoms. The summed E-state index contributed by atoms with van der Waals surface area (Å²) in [6.45, 7) is 1.84. The van der Waals surface area contributed by atoms with E-state index >= 15 is 0 Å². The minimum Gasteiger partial charge on any atom is -0.493 e. The second-order valence-electron chi connectivity index (χ2n) is 6.82. The van der Waals surface area contributed by atoms with Crippen molar-refractivity contribution < 1.29 is 17.9 Å². The van der Waals surface area contributed by atoms with Crippen molar-refractivity contribution in [3.63, 3.8) is 0 Å². The van der Waals surface area contributed by atoms with Crippen molar-refractivity contribution in [1.82, 2.24) is 4.31 Å². The fourth-order valence-electron chi connectivity index (χ4n) is 4.33. The van der Waals surface area contributed by atoms with Gasteiger partial charge in [0.25, 0.3) is 0 Å². The predicted molar refractivity (Wildman–Crippen MR) is 83.8 cm³/mol. The van der Waals surface area contributed by atoms with Gasteiger partial charge in [-0.25, -0.2) is 8.42 Å². The maximum absolute atomic E-state index is 13.0. The van der Waals surface area contributed by atoms with Crippen molar-refractivity contribution in [3.05, 3.63) is 35.9 Å². The van der Waals surface area contributed by atoms with Crippen molar-refractivity contribution >= 4 is 10.0 Å². The van der Waals surface area contributed by atoms with Crippen molar-refractivity contribution in [2.75, 3.05) is 19.7 Å². The summed E-state index contributed by atoms with van der Waals surface area (Å²) in [5, 5.41) is 0. The SMILES string of the molecule is O=S(=O)(c1ccc2c(c1)CCCO2)N1CC2C3C=CC(O3)C2C1. The van der Waals surface area contributed by atoms with E-state index in [1.807, 2.05) is 0 Å². The molecular formula is C17H19NO4S. The summed E-state index contributed by atoms with van der Waals surface area (Å²) in [5.74, 6) is 1.44. The Bertz CT molecular complexity index is 768. The molecule has 4 heterocycles. The standard InChI is InChI=1S/C17H19NO4S/c19-23(20,12-3-4-15-11(8-12)2-1-7-21-15)18-9-13-14(10-18)17-6-5-16(13)22-17/h3-6,8,13-14,16-17H,1-2,7,9-10H2. The lowest BCUT2D eigenvalue weighted by Crippen LogP contribution is -2.31. The molecule has 122 valence electrons. The fraction of sp³-hybridized carbons (Fsp3) is 0.529. The van der Waals surface area contributed by atoms with E-state index in [-0.39, 0.29) is 12.2 Å². The maximum atomic E-state index is 13.0. The van der Waals surface area contributed by atoms with Gasteiger partial charge < -0.3 is 9.47 Å². The third-order valence-corrected chi connectivity index (χ3v) is 7.37. The van der Waals surface area contributed by atoms with Crippen LogP contribution in [0.25, 0.3) is 0 Å². The van der Waals surface area contributed by atoms with Crippen LogP contribution in [-0.2, 0) is 21.2 Å². The third kappa shape index (κ3) is 2.01. The molecule has 4 aliphatic rings. The second kappa shape index (κ2) is 4.82. The van der Waals surface area contributed by atoms with Crippen LogP contribution in [-0.4, -0.2) is 44.6 Å². The summed E-state index contributed by atoms with van der Waals surface area (Å²) in [4.78, 5) is 0.392. The lowest BCUT2D eigenvalue weighted by atomic mass is 9.86. The Morgan fingerprint density at radius 2 is 1.83 bits per heavy atom. The zero-order valence-electron chi connectivity index (χ0n) is 12.7. The third-order valence-electron chi connectivity index (χ3n) is 5.55. The molecule has 4 unspecified atom stereocenters. The Morgan fingerprint density at radius 3 is 2.57 bits per heavy atom. The first-order valence-electron chi connectivity index (χ1n) is 8.22. The maximum Gasteiger partial charge on any atom is 0.243 e. The van der Waals surface area contributed by atoms with Crippen LogP contribution < -0.4 is 4.74 Å². The highest BCUT2D eigenvalue weighted by atomic mass is 32.2. The van der Waals surface area contributed by atoms with Crippen LogP contribution in [0.15, 0.2) is 35.2 Å². The molecule has 0 amide bonds. The summed E-state index contributed by atoms with van der Waals surface area (Å²) in [7, 11) is -3.44. The van der Waals surface area contributed by atoms with E-state index in [1.54, 1.807) is 22.5 Å². The molecule has 2 fully saturated rings. The average Bonchev–Trinajstić information content (AvgIpc) is 3.27. The van der Waals surface area contributed by atoms with Crippen molar-refractivity contribution in [2.45, 2.75) is 29.9 Å². The largest absolute Gasteiger partial charge is 0.493 e. The molecule has 1 aromatic carbocycles. The quantitative estimate of drug-likeness (QED) is 0.771. The van der Waals surface area contributed by atoms with Gasteiger partial charge in [-0.3, -0.25) is 0 Å². The van der Waals surface area contributed by atoms with Gasteiger partial charge in [-0.2, -0.15) is 4.31 Å². The van der Waals surface area contributed by atoms with E-state index < -0.39 is 10.0 Å². The van der Waals surface area contributed by atoms with Crippen LogP contribution in [0.1, 0.15) is 12.0 Å². The van der Waals surface area contributed by atoms with Crippen LogP contribution in [0.2, 0.25) is 0 Å². The van der Waals surface area contributed by atoms with Gasteiger partial charge in [-0.05, 0) is 36.6 Å². The van der Waals surface area contributed by atoms with Gasteiger partial charge in [0.2, 0.25) is 10.0 Å². The molecule has 0 saturated carbocycles. The molecule has 4 aliphatic heterocycles. The van der Waals surface area contributed by atoms with Gasteiger partial charge >= 0.3 is 0 Å². The number of benzene rings is 1. The molecule has 0 spiro atoms. The summed E-state index contributed by atoms with van der Waals surface area (Å²) in [5.41, 5.74) is 1.00. The molecule has 0 radical (unpaired) electrons. The second-order valence-corrected chi connectivity index (χ2v) is 8.76. The van der Waals surface area contributed by atoms with Gasteiger partial charge in [-0.1, -0.05) is 12.2 Å². The van der Waals surface area contributed by atoms with Gasteiger partial charge in [-0.15, -0.1) is 0 Å². The number of rotatable bonds is 2. The zero-order valence-corrected chi connectivity index (χ0v) is 13.5. The summed E-state index contributed by atoms with van der Waals surface area (Å²) in [6.07, 6.45) is 6.18. The molecule has 0 aromatic heterocycles. The number of sulfonamides is 1. The van der Waals surface area contributed by atoms with Gasteiger partial charge in [0.05, 0.1) is 23.7 Å². The van der Waals surface area contributed by atoms with Gasteiger partial charge in [0.15, 0.2) is 0 Å². The Balaban J connectivity index is 1.44. The molecule has 0 aliphatic carbocycles. The van der Waals surface area contributed by atoms with Crippen molar-refractivity contribution in [3.8, 4) is 5.75 Å². The van der Waals surface area contributed by atoms with Crippen LogP contribution in [0.4, 0.5) is 0 Å². The van der Waals surface area contributed by atoms with E-state index in [0.29, 0.717) is 36.4 Å². The number of aryl methyl sites for hydroxylation is 1. The first kappa shape index (κ1) is 14.0. The minimum atomic E-state index is -3.44. The summed E-state index contributed by atoms with van der Waals surface area (Å²) >= 11 is 0. The first-order chi connectivity index (χ1) is 11.1. The number of ether oxygens (including phenoxy) is 2. The Hall–Kier alpha value is -1.37. The molecule has 0 N–H and O–H groups in total. The van der Waals surface area contributed by atoms with Crippen molar-refractivity contribution in [1.29, 1.82) is 0 Å². The van der Waals surface area contributed by atoms with Gasteiger partial charge in [0.1, 0.15) is 5.75 Å². The fourth-order valence-corrected chi connectivity index (χ4v) is 5.90. The Morgan fingerprint density at radius 1 is 1.09 bits per heavy atom. The first-order valence-corrected chi connectivity index (χ1v) is 9.66. The van der Waals surface area contributed by atoms with Crippen LogP contribution >= 0.6 is 0 Å². The number of fused-ring (bicyclic) bond motifs is 6. The van der Waals surface area contributed by atoms with Gasteiger partial charge in [0, 0.05) is 24.9 Å². The van der Waals surface area contributed by atoms with Crippen LogP contribution in [0.3, 0.4) is 0 Å². The predicted octanol–water partition coefficient (Wildman–Crippen LogP) is 1.59. The van der Waals surface area contributed by atoms with E-state index in [9.17, 15) is 8.42 Å². The lowest BCUT2D eigenvalue weighted by molar-refractivity contribution is 0.0929. The lowest BCUT2D eigenvalue weighted by Gasteiger charge is -2.21. The van der Waals surface area contributed by atoms with E-state index in [4.69, 9.17) is 9.47 Å². The van der Waals surface area contributed by atoms with E-state index in [1.165, 1.54) is 0 Å². The minimum absolute atomic E-state index is 0.0992. The van der Waals surface area contributed by atoms with Crippen molar-refractivity contribution in [2.24, 2.45) is 11.8 Å². The highest BCUT2D eigenvalue weighted by Crippen LogP contribution is 2.45. The number of hydrogen-bond donors (Lipinski definition) is 0. The molecule has 5 nitrogen and oxygen atoms in total.